The molecule has 1 fully saturated rings. The summed E-state index contributed by atoms with van der Waals surface area (Å²) in [5, 5.41) is 3.52. The lowest BCUT2D eigenvalue weighted by atomic mass is 10.1. The summed E-state index contributed by atoms with van der Waals surface area (Å²) in [6.45, 7) is 5.64. The van der Waals surface area contributed by atoms with Crippen molar-refractivity contribution in [2.24, 2.45) is 0 Å². The zero-order valence-corrected chi connectivity index (χ0v) is 13.3. The van der Waals surface area contributed by atoms with Gasteiger partial charge in [-0.1, -0.05) is 54.6 Å². The zero-order valence-electron chi connectivity index (χ0n) is 13.3. The molecule has 0 atom stereocenters. The molecule has 1 N–H and O–H groups in total. The van der Waals surface area contributed by atoms with Gasteiger partial charge in [0.2, 0.25) is 0 Å². The predicted molar refractivity (Wildman–Crippen MR) is 92.8 cm³/mol. The summed E-state index contributed by atoms with van der Waals surface area (Å²) in [5.41, 5.74) is 4.22. The fourth-order valence-electron chi connectivity index (χ4n) is 3.07. The van der Waals surface area contributed by atoms with Crippen LogP contribution in [0.25, 0.3) is 0 Å². The molecule has 2 heteroatoms. The van der Waals surface area contributed by atoms with Crippen molar-refractivity contribution in [2.75, 3.05) is 19.6 Å². The molecule has 1 saturated heterocycles. The highest BCUT2D eigenvalue weighted by Crippen LogP contribution is 2.13. The van der Waals surface area contributed by atoms with Crippen LogP contribution < -0.4 is 5.32 Å². The van der Waals surface area contributed by atoms with Gasteiger partial charge in [0.1, 0.15) is 0 Å². The monoisotopic (exact) mass is 294 g/mol. The molecule has 0 unspecified atom stereocenters. The molecule has 0 amide bonds. The summed E-state index contributed by atoms with van der Waals surface area (Å²) < 4.78 is 0. The second kappa shape index (κ2) is 8.11. The van der Waals surface area contributed by atoms with Crippen LogP contribution in [-0.4, -0.2) is 24.5 Å². The number of likely N-dealkylation sites (tertiary alicyclic amines) is 1. The van der Waals surface area contributed by atoms with Gasteiger partial charge in [0.25, 0.3) is 0 Å². The highest BCUT2D eigenvalue weighted by molar-refractivity contribution is 5.23. The third kappa shape index (κ3) is 4.69. The predicted octanol–water partition coefficient (Wildman–Crippen LogP) is 3.61. The summed E-state index contributed by atoms with van der Waals surface area (Å²) in [7, 11) is 0. The molecule has 2 aromatic rings. The van der Waals surface area contributed by atoms with E-state index in [2.05, 4.69) is 64.8 Å². The lowest BCUT2D eigenvalue weighted by molar-refractivity contribution is 0.331. The number of nitrogens with zero attached hydrogens (tertiary/aromatic N) is 1. The molecule has 0 radical (unpaired) electrons. The smallest absolute Gasteiger partial charge is 0.0233 e. The molecule has 0 aliphatic carbocycles. The summed E-state index contributed by atoms with van der Waals surface area (Å²) in [5.74, 6) is 0. The topological polar surface area (TPSA) is 15.3 Å². The molecule has 3 rings (SSSR count). The molecule has 0 bridgehead atoms. The highest BCUT2D eigenvalue weighted by Gasteiger charge is 2.11. The van der Waals surface area contributed by atoms with Gasteiger partial charge in [-0.2, -0.15) is 0 Å². The molecule has 22 heavy (non-hydrogen) atoms. The second-order valence-corrected chi connectivity index (χ2v) is 6.21. The minimum Gasteiger partial charge on any atom is -0.312 e. The van der Waals surface area contributed by atoms with Crippen LogP contribution in [0.1, 0.15) is 29.5 Å². The summed E-state index contributed by atoms with van der Waals surface area (Å²) >= 11 is 0. The largest absolute Gasteiger partial charge is 0.312 e. The summed E-state index contributed by atoms with van der Waals surface area (Å²) in [6.07, 6.45) is 3.83. The minimum atomic E-state index is 0.952. The maximum atomic E-state index is 3.52. The van der Waals surface area contributed by atoms with Gasteiger partial charge in [0, 0.05) is 13.1 Å². The van der Waals surface area contributed by atoms with Crippen molar-refractivity contribution in [2.45, 2.75) is 32.4 Å². The average Bonchev–Trinajstić information content (AvgIpc) is 3.07. The molecule has 0 saturated carbocycles. The average molecular weight is 294 g/mol. The Labute approximate surface area is 134 Å². The van der Waals surface area contributed by atoms with Gasteiger partial charge in [-0.05, 0) is 55.6 Å². The van der Waals surface area contributed by atoms with Crippen LogP contribution in [0.4, 0.5) is 0 Å². The van der Waals surface area contributed by atoms with E-state index in [1.807, 2.05) is 0 Å². The van der Waals surface area contributed by atoms with Crippen LogP contribution in [0.2, 0.25) is 0 Å². The lowest BCUT2D eigenvalue weighted by Gasteiger charge is -2.14. The summed E-state index contributed by atoms with van der Waals surface area (Å²) in [6, 6.07) is 19.8. The Morgan fingerprint density at radius 1 is 0.773 bits per heavy atom. The van der Waals surface area contributed by atoms with Gasteiger partial charge in [0.15, 0.2) is 0 Å². The van der Waals surface area contributed by atoms with E-state index >= 15 is 0 Å². The van der Waals surface area contributed by atoms with E-state index in [-0.39, 0.29) is 0 Å². The lowest BCUT2D eigenvalue weighted by Crippen LogP contribution is -2.18. The first-order valence-corrected chi connectivity index (χ1v) is 8.45. The number of nitrogens with one attached hydrogen (secondary N) is 1. The first-order valence-electron chi connectivity index (χ1n) is 8.45. The van der Waals surface area contributed by atoms with Crippen molar-refractivity contribution in [1.82, 2.24) is 10.2 Å². The fraction of sp³-hybridized carbons (Fsp3) is 0.400. The van der Waals surface area contributed by atoms with E-state index in [9.17, 15) is 0 Å². The molecule has 1 aliphatic rings. The third-order valence-electron chi connectivity index (χ3n) is 4.39. The van der Waals surface area contributed by atoms with E-state index < -0.39 is 0 Å². The standard InChI is InChI=1S/C20H26N2/c1-2-6-19(7-3-1)16-21-13-12-18-8-10-20(11-9-18)17-22-14-4-5-15-22/h1-3,6-11,21H,4-5,12-17H2. The van der Waals surface area contributed by atoms with E-state index in [4.69, 9.17) is 0 Å². The molecule has 2 aromatic carbocycles. The van der Waals surface area contributed by atoms with Crippen LogP contribution in [0.15, 0.2) is 54.6 Å². The Morgan fingerprint density at radius 2 is 1.45 bits per heavy atom. The molecule has 1 aliphatic heterocycles. The second-order valence-electron chi connectivity index (χ2n) is 6.21. The first-order chi connectivity index (χ1) is 10.9. The maximum Gasteiger partial charge on any atom is 0.0233 e. The molecule has 0 aromatic heterocycles. The number of rotatable bonds is 7. The fourth-order valence-corrected chi connectivity index (χ4v) is 3.07. The minimum absolute atomic E-state index is 0.952. The van der Waals surface area contributed by atoms with Crippen LogP contribution in [0.3, 0.4) is 0 Å². The van der Waals surface area contributed by atoms with Crippen LogP contribution >= 0.6 is 0 Å². The van der Waals surface area contributed by atoms with E-state index in [0.717, 1.165) is 26.1 Å². The van der Waals surface area contributed by atoms with Crippen LogP contribution in [0, 0.1) is 0 Å². The van der Waals surface area contributed by atoms with Gasteiger partial charge in [-0.3, -0.25) is 4.90 Å². The highest BCUT2D eigenvalue weighted by atomic mass is 15.1. The normalized spacial score (nSPS) is 15.3. The van der Waals surface area contributed by atoms with Crippen molar-refractivity contribution >= 4 is 0 Å². The Balaban J connectivity index is 1.39. The van der Waals surface area contributed by atoms with Crippen molar-refractivity contribution in [3.05, 3.63) is 71.3 Å². The Morgan fingerprint density at radius 3 is 2.18 bits per heavy atom. The first kappa shape index (κ1) is 15.3. The number of benzene rings is 2. The maximum absolute atomic E-state index is 3.52. The van der Waals surface area contributed by atoms with Crippen LogP contribution in [-0.2, 0) is 19.5 Å². The van der Waals surface area contributed by atoms with Gasteiger partial charge in [0.05, 0.1) is 0 Å². The molecule has 116 valence electrons. The van der Waals surface area contributed by atoms with Gasteiger partial charge in [-0.15, -0.1) is 0 Å². The number of hydrogen-bond acceptors (Lipinski definition) is 2. The van der Waals surface area contributed by atoms with E-state index in [1.54, 1.807) is 0 Å². The SMILES string of the molecule is c1ccc(CNCCc2ccc(CN3CCCC3)cc2)cc1. The van der Waals surface area contributed by atoms with Crippen molar-refractivity contribution in [3.63, 3.8) is 0 Å². The summed E-state index contributed by atoms with van der Waals surface area (Å²) in [4.78, 5) is 2.55. The Kier molecular flexibility index (Phi) is 5.63. The molecular weight excluding hydrogens is 268 g/mol. The molecule has 2 nitrogen and oxygen atoms in total. The van der Waals surface area contributed by atoms with Gasteiger partial charge in [-0.25, -0.2) is 0 Å². The molecule has 1 heterocycles. The van der Waals surface area contributed by atoms with Crippen molar-refractivity contribution < 1.29 is 0 Å². The van der Waals surface area contributed by atoms with Gasteiger partial charge >= 0.3 is 0 Å². The molecule has 0 spiro atoms. The van der Waals surface area contributed by atoms with Crippen molar-refractivity contribution in [1.29, 1.82) is 0 Å². The van der Waals surface area contributed by atoms with E-state index in [0.29, 0.717) is 0 Å². The van der Waals surface area contributed by atoms with Gasteiger partial charge < -0.3 is 5.32 Å². The third-order valence-corrected chi connectivity index (χ3v) is 4.39. The quantitative estimate of drug-likeness (QED) is 0.785. The Bertz CT molecular complexity index is 542. The molecular formula is C20H26N2. The van der Waals surface area contributed by atoms with E-state index in [1.165, 1.54) is 42.6 Å². The van der Waals surface area contributed by atoms with Crippen LogP contribution in [0.5, 0.6) is 0 Å². The van der Waals surface area contributed by atoms with Crippen molar-refractivity contribution in [3.8, 4) is 0 Å². The zero-order chi connectivity index (χ0) is 15.0. The number of hydrogen-bond donors (Lipinski definition) is 1. The Hall–Kier alpha value is -1.64.